The Balaban J connectivity index is 1.53. The Morgan fingerprint density at radius 1 is 1.41 bits per heavy atom. The molecule has 0 saturated heterocycles. The number of methoxy groups -OCH3 is 1. The number of anilines is 1. The van der Waals surface area contributed by atoms with Crippen LogP contribution in [0.25, 0.3) is 0 Å². The van der Waals surface area contributed by atoms with Crippen molar-refractivity contribution in [1.82, 2.24) is 10.1 Å². The van der Waals surface area contributed by atoms with E-state index in [1.165, 1.54) is 31.2 Å². The largest absolute Gasteiger partial charge is 0.479 e. The molecule has 0 saturated carbocycles. The third kappa shape index (κ3) is 3.65. The molecule has 118 valence electrons. The zero-order chi connectivity index (χ0) is 15.4. The number of nitrogens with one attached hydrogen (secondary N) is 1. The second-order valence-electron chi connectivity index (χ2n) is 5.33. The number of hydrogen-bond acceptors (Lipinski definition) is 6. The van der Waals surface area contributed by atoms with Gasteiger partial charge in [0.2, 0.25) is 5.91 Å². The molecule has 1 aliphatic rings. The Labute approximate surface area is 132 Å². The van der Waals surface area contributed by atoms with Crippen molar-refractivity contribution in [2.24, 2.45) is 0 Å². The van der Waals surface area contributed by atoms with Crippen molar-refractivity contribution in [3.8, 4) is 5.88 Å². The van der Waals surface area contributed by atoms with Gasteiger partial charge in [-0.15, -0.1) is 11.3 Å². The van der Waals surface area contributed by atoms with Gasteiger partial charge in [-0.05, 0) is 30.8 Å². The van der Waals surface area contributed by atoms with Gasteiger partial charge in [-0.1, -0.05) is 6.42 Å². The SMILES string of the molecule is COc1cc(CCC(=O)Nc2nc3c(s2)CCCCC3)on1. The third-order valence-electron chi connectivity index (χ3n) is 3.69. The van der Waals surface area contributed by atoms with Gasteiger partial charge >= 0.3 is 0 Å². The minimum atomic E-state index is -0.0562. The molecular weight excluding hydrogens is 302 g/mol. The van der Waals surface area contributed by atoms with Gasteiger partial charge in [0.1, 0.15) is 5.76 Å². The zero-order valence-corrected chi connectivity index (χ0v) is 13.4. The number of nitrogens with zero attached hydrogens (tertiary/aromatic N) is 2. The standard InChI is InChI=1S/C15H19N3O3S/c1-20-14-9-10(21-18-14)7-8-13(19)17-15-16-11-5-3-2-4-6-12(11)22-15/h9H,2-8H2,1H3,(H,16,17,19). The van der Waals surface area contributed by atoms with E-state index in [2.05, 4.69) is 15.5 Å². The summed E-state index contributed by atoms with van der Waals surface area (Å²) in [6.45, 7) is 0. The van der Waals surface area contributed by atoms with Gasteiger partial charge in [0, 0.05) is 23.8 Å². The average molecular weight is 321 g/mol. The van der Waals surface area contributed by atoms with Crippen LogP contribution < -0.4 is 10.1 Å². The highest BCUT2D eigenvalue weighted by Crippen LogP contribution is 2.29. The van der Waals surface area contributed by atoms with Crippen molar-refractivity contribution in [3.63, 3.8) is 0 Å². The Morgan fingerprint density at radius 2 is 2.27 bits per heavy atom. The maximum Gasteiger partial charge on any atom is 0.254 e. The fourth-order valence-electron chi connectivity index (χ4n) is 2.51. The summed E-state index contributed by atoms with van der Waals surface area (Å²) in [6.07, 6.45) is 6.62. The van der Waals surface area contributed by atoms with Crippen molar-refractivity contribution in [1.29, 1.82) is 0 Å². The van der Waals surface area contributed by atoms with E-state index in [-0.39, 0.29) is 5.91 Å². The molecule has 0 atom stereocenters. The molecule has 2 heterocycles. The maximum atomic E-state index is 12.0. The summed E-state index contributed by atoms with van der Waals surface area (Å²) in [5, 5.41) is 7.31. The highest BCUT2D eigenvalue weighted by molar-refractivity contribution is 7.15. The number of aryl methyl sites for hydroxylation is 3. The monoisotopic (exact) mass is 321 g/mol. The summed E-state index contributed by atoms with van der Waals surface area (Å²) >= 11 is 1.61. The minimum absolute atomic E-state index is 0.0562. The van der Waals surface area contributed by atoms with E-state index >= 15 is 0 Å². The molecule has 0 aromatic carbocycles. The molecule has 1 amide bonds. The summed E-state index contributed by atoms with van der Waals surface area (Å²) in [5.74, 6) is 1.01. The van der Waals surface area contributed by atoms with Crippen LogP contribution in [0, 0.1) is 0 Å². The Bertz CT molecular complexity index is 627. The van der Waals surface area contributed by atoms with E-state index < -0.39 is 0 Å². The van der Waals surface area contributed by atoms with Crippen molar-refractivity contribution in [3.05, 3.63) is 22.4 Å². The van der Waals surface area contributed by atoms with Crippen molar-refractivity contribution >= 4 is 22.4 Å². The van der Waals surface area contributed by atoms with Crippen LogP contribution in [0.1, 0.15) is 42.0 Å². The Morgan fingerprint density at radius 3 is 3.09 bits per heavy atom. The van der Waals surface area contributed by atoms with E-state index in [0.29, 0.717) is 29.6 Å². The molecule has 22 heavy (non-hydrogen) atoms. The molecule has 0 fully saturated rings. The van der Waals surface area contributed by atoms with Gasteiger partial charge in [0.05, 0.1) is 12.8 Å². The zero-order valence-electron chi connectivity index (χ0n) is 12.6. The molecule has 0 bridgehead atoms. The summed E-state index contributed by atoms with van der Waals surface area (Å²) in [5.41, 5.74) is 1.16. The van der Waals surface area contributed by atoms with Crippen molar-refractivity contribution < 1.29 is 14.1 Å². The first-order valence-corrected chi connectivity index (χ1v) is 8.34. The number of aromatic nitrogens is 2. The maximum absolute atomic E-state index is 12.0. The van der Waals surface area contributed by atoms with Crippen LogP contribution in [0.3, 0.4) is 0 Å². The highest BCUT2D eigenvalue weighted by atomic mass is 32.1. The fraction of sp³-hybridized carbons (Fsp3) is 0.533. The van der Waals surface area contributed by atoms with E-state index in [4.69, 9.17) is 9.26 Å². The van der Waals surface area contributed by atoms with Crippen LogP contribution in [-0.4, -0.2) is 23.2 Å². The van der Waals surface area contributed by atoms with E-state index in [9.17, 15) is 4.79 Å². The van der Waals surface area contributed by atoms with E-state index in [1.54, 1.807) is 17.4 Å². The summed E-state index contributed by atoms with van der Waals surface area (Å²) in [6, 6.07) is 1.69. The molecule has 0 radical (unpaired) electrons. The molecule has 6 nitrogen and oxygen atoms in total. The summed E-state index contributed by atoms with van der Waals surface area (Å²) in [7, 11) is 1.53. The lowest BCUT2D eigenvalue weighted by Gasteiger charge is -1.99. The van der Waals surface area contributed by atoms with Crippen LogP contribution in [0.15, 0.2) is 10.6 Å². The number of rotatable bonds is 5. The van der Waals surface area contributed by atoms with Crippen LogP contribution in [0.4, 0.5) is 5.13 Å². The molecular formula is C15H19N3O3S. The smallest absolute Gasteiger partial charge is 0.254 e. The Kier molecular flexibility index (Phi) is 4.72. The normalized spacial score (nSPS) is 14.2. The van der Waals surface area contributed by atoms with Gasteiger partial charge in [-0.2, -0.15) is 0 Å². The lowest BCUT2D eigenvalue weighted by Crippen LogP contribution is -2.12. The number of hydrogen-bond donors (Lipinski definition) is 1. The van der Waals surface area contributed by atoms with Crippen LogP contribution in [-0.2, 0) is 24.1 Å². The molecule has 0 aliphatic heterocycles. The van der Waals surface area contributed by atoms with Gasteiger partial charge < -0.3 is 14.6 Å². The quantitative estimate of drug-likeness (QED) is 0.857. The predicted molar refractivity (Wildman–Crippen MR) is 83.4 cm³/mol. The number of thiazole rings is 1. The van der Waals surface area contributed by atoms with Gasteiger partial charge in [0.25, 0.3) is 5.88 Å². The first kappa shape index (κ1) is 15.0. The van der Waals surface area contributed by atoms with Crippen LogP contribution in [0.2, 0.25) is 0 Å². The van der Waals surface area contributed by atoms with Gasteiger partial charge in [-0.3, -0.25) is 4.79 Å². The molecule has 0 spiro atoms. The Hall–Kier alpha value is -1.89. The van der Waals surface area contributed by atoms with Gasteiger partial charge in [-0.25, -0.2) is 4.98 Å². The van der Waals surface area contributed by atoms with E-state index in [1.807, 2.05) is 0 Å². The number of fused-ring (bicyclic) bond motifs is 1. The first-order valence-electron chi connectivity index (χ1n) is 7.52. The number of amides is 1. The summed E-state index contributed by atoms with van der Waals surface area (Å²) < 4.78 is 10.0. The van der Waals surface area contributed by atoms with Gasteiger partial charge in [0.15, 0.2) is 5.13 Å². The number of ether oxygens (including phenoxy) is 1. The minimum Gasteiger partial charge on any atom is -0.479 e. The number of carbonyl (C=O) groups is 1. The molecule has 2 aromatic heterocycles. The topological polar surface area (TPSA) is 77.2 Å². The van der Waals surface area contributed by atoms with E-state index in [0.717, 1.165) is 18.5 Å². The molecule has 3 rings (SSSR count). The lowest BCUT2D eigenvalue weighted by molar-refractivity contribution is -0.116. The predicted octanol–water partition coefficient (Wildman–Crippen LogP) is 2.98. The third-order valence-corrected chi connectivity index (χ3v) is 4.76. The molecule has 7 heteroatoms. The number of carbonyl (C=O) groups excluding carboxylic acids is 1. The molecule has 1 aliphatic carbocycles. The molecule has 2 aromatic rings. The van der Waals surface area contributed by atoms with Crippen molar-refractivity contribution in [2.45, 2.75) is 44.9 Å². The fourth-order valence-corrected chi connectivity index (χ4v) is 3.57. The average Bonchev–Trinajstić information content (AvgIpc) is 3.07. The van der Waals surface area contributed by atoms with Crippen molar-refractivity contribution in [2.75, 3.05) is 12.4 Å². The summed E-state index contributed by atoms with van der Waals surface area (Å²) in [4.78, 5) is 17.9. The lowest BCUT2D eigenvalue weighted by atomic mass is 10.2. The second kappa shape index (κ2) is 6.91. The van der Waals surface area contributed by atoms with Crippen LogP contribution >= 0.6 is 11.3 Å². The molecule has 1 N–H and O–H groups in total. The van der Waals surface area contributed by atoms with Crippen LogP contribution in [0.5, 0.6) is 5.88 Å². The first-order chi connectivity index (χ1) is 10.7. The second-order valence-corrected chi connectivity index (χ2v) is 6.42. The highest BCUT2D eigenvalue weighted by Gasteiger charge is 2.15. The molecule has 0 unspecified atom stereocenters.